The predicted octanol–water partition coefficient (Wildman–Crippen LogP) is 2.21. The van der Waals surface area contributed by atoms with Gasteiger partial charge in [0.25, 0.3) is 5.92 Å². The van der Waals surface area contributed by atoms with Crippen LogP contribution in [0.15, 0.2) is 24.3 Å². The average molecular weight is 312 g/mol. The molecular formula is C16H19F3N2O. The highest BCUT2D eigenvalue weighted by atomic mass is 19.3. The van der Waals surface area contributed by atoms with Gasteiger partial charge in [-0.2, -0.15) is 0 Å². The molecule has 0 bridgehead atoms. The Morgan fingerprint density at radius 3 is 2.68 bits per heavy atom. The fraction of sp³-hybridized carbons (Fsp3) is 0.562. The first kappa shape index (κ1) is 15.3. The number of halogens is 3. The summed E-state index contributed by atoms with van der Waals surface area (Å²) in [4.78, 5) is 13.9. The van der Waals surface area contributed by atoms with E-state index in [1.165, 1.54) is 12.1 Å². The van der Waals surface area contributed by atoms with Crippen molar-refractivity contribution in [1.29, 1.82) is 0 Å². The highest BCUT2D eigenvalue weighted by molar-refractivity contribution is 5.82. The number of hydrogen-bond donors (Lipinski definition) is 1. The molecule has 2 aliphatic heterocycles. The lowest BCUT2D eigenvalue weighted by Crippen LogP contribution is -2.42. The number of amides is 1. The first-order chi connectivity index (χ1) is 10.4. The molecule has 0 radical (unpaired) electrons. The SMILES string of the molecule is O=C(C1CC(F)(F)CN1)N1CCC(Cc2ccc(F)cc2)C1. The first-order valence-corrected chi connectivity index (χ1v) is 7.57. The monoisotopic (exact) mass is 312 g/mol. The van der Waals surface area contributed by atoms with E-state index in [0.717, 1.165) is 18.4 Å². The molecule has 2 heterocycles. The summed E-state index contributed by atoms with van der Waals surface area (Å²) in [7, 11) is 0. The molecule has 1 amide bonds. The lowest BCUT2D eigenvalue weighted by Gasteiger charge is -2.20. The van der Waals surface area contributed by atoms with Crippen molar-refractivity contribution in [2.24, 2.45) is 5.92 Å². The Morgan fingerprint density at radius 2 is 2.05 bits per heavy atom. The molecule has 6 heteroatoms. The highest BCUT2D eigenvalue weighted by Crippen LogP contribution is 2.28. The van der Waals surface area contributed by atoms with Crippen molar-refractivity contribution in [3.8, 4) is 0 Å². The van der Waals surface area contributed by atoms with Gasteiger partial charge in [0.05, 0.1) is 12.6 Å². The van der Waals surface area contributed by atoms with Crippen LogP contribution in [-0.4, -0.2) is 42.4 Å². The van der Waals surface area contributed by atoms with E-state index in [4.69, 9.17) is 0 Å². The Kier molecular flexibility index (Phi) is 4.12. The molecule has 3 nitrogen and oxygen atoms in total. The van der Waals surface area contributed by atoms with Crippen molar-refractivity contribution in [3.05, 3.63) is 35.6 Å². The van der Waals surface area contributed by atoms with Crippen LogP contribution in [0, 0.1) is 11.7 Å². The molecule has 2 atom stereocenters. The van der Waals surface area contributed by atoms with Crippen molar-refractivity contribution >= 4 is 5.91 Å². The maximum Gasteiger partial charge on any atom is 0.262 e. The third-order valence-corrected chi connectivity index (χ3v) is 4.44. The molecule has 1 aromatic rings. The summed E-state index contributed by atoms with van der Waals surface area (Å²) in [6.45, 7) is 0.769. The molecule has 0 spiro atoms. The van der Waals surface area contributed by atoms with Crippen LogP contribution in [0.5, 0.6) is 0 Å². The summed E-state index contributed by atoms with van der Waals surface area (Å²) < 4.78 is 39.2. The van der Waals surface area contributed by atoms with Crippen molar-refractivity contribution < 1.29 is 18.0 Å². The van der Waals surface area contributed by atoms with Crippen LogP contribution in [-0.2, 0) is 11.2 Å². The third-order valence-electron chi connectivity index (χ3n) is 4.44. The molecule has 0 aromatic heterocycles. The summed E-state index contributed by atoms with van der Waals surface area (Å²) in [6.07, 6.45) is 1.22. The zero-order valence-corrected chi connectivity index (χ0v) is 12.2. The zero-order valence-electron chi connectivity index (χ0n) is 12.2. The predicted molar refractivity (Wildman–Crippen MR) is 76.1 cm³/mol. The second-order valence-corrected chi connectivity index (χ2v) is 6.26. The second-order valence-electron chi connectivity index (χ2n) is 6.26. The van der Waals surface area contributed by atoms with Crippen molar-refractivity contribution in [1.82, 2.24) is 10.2 Å². The summed E-state index contributed by atoms with van der Waals surface area (Å²) in [5.41, 5.74) is 1.03. The van der Waals surface area contributed by atoms with E-state index >= 15 is 0 Å². The number of benzene rings is 1. The van der Waals surface area contributed by atoms with Crippen LogP contribution in [0.3, 0.4) is 0 Å². The van der Waals surface area contributed by atoms with Crippen LogP contribution in [0.4, 0.5) is 13.2 Å². The van der Waals surface area contributed by atoms with Crippen LogP contribution >= 0.6 is 0 Å². The molecule has 120 valence electrons. The molecule has 22 heavy (non-hydrogen) atoms. The summed E-state index contributed by atoms with van der Waals surface area (Å²) in [5.74, 6) is -2.97. The molecule has 2 saturated heterocycles. The standard InChI is InChI=1S/C16H19F3N2O/c17-13-3-1-11(2-4-13)7-12-5-6-21(9-12)15(22)14-8-16(18,19)10-20-14/h1-4,12,14,20H,5-10H2. The second kappa shape index (κ2) is 5.91. The fourth-order valence-electron chi connectivity index (χ4n) is 3.26. The number of hydrogen-bond acceptors (Lipinski definition) is 2. The Bertz CT molecular complexity index is 547. The zero-order chi connectivity index (χ0) is 15.7. The largest absolute Gasteiger partial charge is 0.341 e. The maximum atomic E-state index is 13.2. The van der Waals surface area contributed by atoms with E-state index in [0.29, 0.717) is 19.0 Å². The minimum Gasteiger partial charge on any atom is -0.341 e. The van der Waals surface area contributed by atoms with Gasteiger partial charge < -0.3 is 4.90 Å². The Balaban J connectivity index is 1.54. The number of likely N-dealkylation sites (tertiary alicyclic amines) is 1. The number of alkyl halides is 2. The maximum absolute atomic E-state index is 13.2. The molecule has 1 aromatic carbocycles. The van der Waals surface area contributed by atoms with E-state index in [2.05, 4.69) is 5.32 Å². The molecule has 1 N–H and O–H groups in total. The summed E-state index contributed by atoms with van der Waals surface area (Å²) >= 11 is 0. The van der Waals surface area contributed by atoms with Gasteiger partial charge in [0.2, 0.25) is 5.91 Å². The van der Waals surface area contributed by atoms with Gasteiger partial charge in [0.15, 0.2) is 0 Å². The van der Waals surface area contributed by atoms with Crippen molar-refractivity contribution in [2.75, 3.05) is 19.6 Å². The van der Waals surface area contributed by atoms with Crippen LogP contribution < -0.4 is 5.32 Å². The van der Waals surface area contributed by atoms with E-state index in [1.807, 2.05) is 0 Å². The number of carbonyl (C=O) groups is 1. The number of carbonyl (C=O) groups excluding carboxylic acids is 1. The quantitative estimate of drug-likeness (QED) is 0.928. The highest BCUT2D eigenvalue weighted by Gasteiger charge is 2.44. The Morgan fingerprint density at radius 1 is 1.32 bits per heavy atom. The number of rotatable bonds is 3. The molecule has 0 aliphatic carbocycles. The van der Waals surface area contributed by atoms with Gasteiger partial charge in [-0.3, -0.25) is 10.1 Å². The van der Waals surface area contributed by atoms with E-state index in [-0.39, 0.29) is 11.7 Å². The molecular weight excluding hydrogens is 293 g/mol. The topological polar surface area (TPSA) is 32.3 Å². The summed E-state index contributed by atoms with van der Waals surface area (Å²) in [5, 5.41) is 2.61. The Labute approximate surface area is 127 Å². The lowest BCUT2D eigenvalue weighted by atomic mass is 9.99. The van der Waals surface area contributed by atoms with Crippen LogP contribution in [0.25, 0.3) is 0 Å². The van der Waals surface area contributed by atoms with Gasteiger partial charge in [0.1, 0.15) is 5.82 Å². The number of nitrogens with one attached hydrogen (secondary N) is 1. The van der Waals surface area contributed by atoms with Crippen LogP contribution in [0.2, 0.25) is 0 Å². The van der Waals surface area contributed by atoms with Crippen molar-refractivity contribution in [2.45, 2.75) is 31.2 Å². The smallest absolute Gasteiger partial charge is 0.262 e. The third kappa shape index (κ3) is 3.43. The molecule has 2 aliphatic rings. The molecule has 3 rings (SSSR count). The van der Waals surface area contributed by atoms with Gasteiger partial charge in [-0.1, -0.05) is 12.1 Å². The molecule has 0 saturated carbocycles. The van der Waals surface area contributed by atoms with Crippen LogP contribution in [0.1, 0.15) is 18.4 Å². The average Bonchev–Trinajstić information content (AvgIpc) is 3.07. The van der Waals surface area contributed by atoms with Crippen molar-refractivity contribution in [3.63, 3.8) is 0 Å². The molecule has 2 unspecified atom stereocenters. The van der Waals surface area contributed by atoms with E-state index < -0.39 is 24.9 Å². The summed E-state index contributed by atoms with van der Waals surface area (Å²) in [6, 6.07) is 5.59. The van der Waals surface area contributed by atoms with Gasteiger partial charge in [0, 0.05) is 19.5 Å². The van der Waals surface area contributed by atoms with Gasteiger partial charge in [-0.25, -0.2) is 13.2 Å². The van der Waals surface area contributed by atoms with E-state index in [1.54, 1.807) is 17.0 Å². The fourth-order valence-corrected chi connectivity index (χ4v) is 3.26. The minimum atomic E-state index is -2.78. The minimum absolute atomic E-state index is 0.223. The first-order valence-electron chi connectivity index (χ1n) is 7.57. The normalized spacial score (nSPS) is 27.3. The van der Waals surface area contributed by atoms with Gasteiger partial charge in [-0.05, 0) is 36.5 Å². The van der Waals surface area contributed by atoms with Gasteiger partial charge in [-0.15, -0.1) is 0 Å². The van der Waals surface area contributed by atoms with Gasteiger partial charge >= 0.3 is 0 Å². The Hall–Kier alpha value is -1.56. The van der Waals surface area contributed by atoms with E-state index in [9.17, 15) is 18.0 Å². The molecule has 2 fully saturated rings. The lowest BCUT2D eigenvalue weighted by molar-refractivity contribution is -0.132. The number of nitrogens with zero attached hydrogens (tertiary/aromatic N) is 1.